The lowest BCUT2D eigenvalue weighted by Crippen LogP contribution is -2.27. The first-order valence-electron chi connectivity index (χ1n) is 7.02. The molecule has 1 saturated heterocycles. The minimum Gasteiger partial charge on any atom is -0.494 e. The lowest BCUT2D eigenvalue weighted by Gasteiger charge is -2.15. The summed E-state index contributed by atoms with van der Waals surface area (Å²) < 4.78 is 31.7. The van der Waals surface area contributed by atoms with Gasteiger partial charge in [0.05, 0.1) is 11.5 Å². The van der Waals surface area contributed by atoms with Gasteiger partial charge in [0.25, 0.3) is 0 Å². The molecule has 0 aromatic heterocycles. The minimum absolute atomic E-state index is 0.349. The van der Waals surface area contributed by atoms with Crippen LogP contribution in [0, 0.1) is 0 Å². The molecule has 0 bridgehead atoms. The summed E-state index contributed by atoms with van der Waals surface area (Å²) >= 11 is 0. The van der Waals surface area contributed by atoms with Crippen molar-refractivity contribution >= 4 is 10.0 Å². The second kappa shape index (κ2) is 7.06. The van der Waals surface area contributed by atoms with Crippen molar-refractivity contribution in [3.05, 3.63) is 24.3 Å². The first kappa shape index (κ1) is 15.3. The van der Waals surface area contributed by atoms with Gasteiger partial charge in [-0.15, -0.1) is 0 Å². The van der Waals surface area contributed by atoms with E-state index < -0.39 is 10.0 Å². The fourth-order valence-electron chi connectivity index (χ4n) is 2.22. The van der Waals surface area contributed by atoms with E-state index in [1.165, 1.54) is 0 Å². The third-order valence-electron chi connectivity index (χ3n) is 3.37. The van der Waals surface area contributed by atoms with E-state index in [4.69, 9.17) is 4.74 Å². The Hall–Kier alpha value is -1.11. The average molecular weight is 298 g/mol. The van der Waals surface area contributed by atoms with Crippen molar-refractivity contribution in [1.29, 1.82) is 0 Å². The molecular weight excluding hydrogens is 276 g/mol. The fourth-order valence-corrected chi connectivity index (χ4v) is 3.74. The van der Waals surface area contributed by atoms with Crippen molar-refractivity contribution in [1.82, 2.24) is 9.62 Å². The standard InChI is InChI=1S/C14H22N2O3S/c1-15-9-4-12-19-13-5-7-14(8-6-13)20(17,18)16-10-2-3-11-16/h5-8,15H,2-4,9-12H2,1H3. The molecule has 5 nitrogen and oxygen atoms in total. The molecule has 20 heavy (non-hydrogen) atoms. The van der Waals surface area contributed by atoms with Crippen molar-refractivity contribution < 1.29 is 13.2 Å². The Kier molecular flexibility index (Phi) is 5.39. The smallest absolute Gasteiger partial charge is 0.243 e. The Morgan fingerprint density at radius 2 is 1.85 bits per heavy atom. The van der Waals surface area contributed by atoms with E-state index in [1.807, 2.05) is 7.05 Å². The van der Waals surface area contributed by atoms with Gasteiger partial charge in [0.15, 0.2) is 0 Å². The second-order valence-corrected chi connectivity index (χ2v) is 6.83. The van der Waals surface area contributed by atoms with Crippen LogP contribution in [0.4, 0.5) is 0 Å². The molecule has 1 aliphatic rings. The third-order valence-corrected chi connectivity index (χ3v) is 5.28. The Labute approximate surface area is 121 Å². The second-order valence-electron chi connectivity index (χ2n) is 4.89. The van der Waals surface area contributed by atoms with Crippen LogP contribution in [0.2, 0.25) is 0 Å². The van der Waals surface area contributed by atoms with Gasteiger partial charge >= 0.3 is 0 Å². The molecule has 1 aromatic rings. The monoisotopic (exact) mass is 298 g/mol. The molecule has 2 rings (SSSR count). The Balaban J connectivity index is 1.97. The Morgan fingerprint density at radius 3 is 2.45 bits per heavy atom. The van der Waals surface area contributed by atoms with Gasteiger partial charge < -0.3 is 10.1 Å². The van der Waals surface area contributed by atoms with Crippen LogP contribution in [0.25, 0.3) is 0 Å². The fraction of sp³-hybridized carbons (Fsp3) is 0.571. The van der Waals surface area contributed by atoms with Crippen LogP contribution in [0.3, 0.4) is 0 Å². The zero-order chi connectivity index (χ0) is 14.4. The number of nitrogens with one attached hydrogen (secondary N) is 1. The van der Waals surface area contributed by atoms with Gasteiger partial charge in [0.1, 0.15) is 5.75 Å². The van der Waals surface area contributed by atoms with E-state index in [0.717, 1.165) is 25.8 Å². The lowest BCUT2D eigenvalue weighted by molar-refractivity contribution is 0.309. The molecule has 0 unspecified atom stereocenters. The minimum atomic E-state index is -3.32. The lowest BCUT2D eigenvalue weighted by atomic mass is 10.3. The van der Waals surface area contributed by atoms with Crippen LogP contribution < -0.4 is 10.1 Å². The molecule has 0 spiro atoms. The zero-order valence-corrected chi connectivity index (χ0v) is 12.7. The molecule has 0 aliphatic carbocycles. The summed E-state index contributed by atoms with van der Waals surface area (Å²) in [5.41, 5.74) is 0. The molecule has 0 radical (unpaired) electrons. The summed E-state index contributed by atoms with van der Waals surface area (Å²) in [5.74, 6) is 0.710. The topological polar surface area (TPSA) is 58.6 Å². The molecule has 0 atom stereocenters. The van der Waals surface area contributed by atoms with Crippen LogP contribution in [0.15, 0.2) is 29.2 Å². The predicted molar refractivity (Wildman–Crippen MR) is 78.5 cm³/mol. The number of ether oxygens (including phenoxy) is 1. The van der Waals surface area contributed by atoms with Crippen LogP contribution in [-0.2, 0) is 10.0 Å². The maximum absolute atomic E-state index is 12.3. The SMILES string of the molecule is CNCCCOc1ccc(S(=O)(=O)N2CCCC2)cc1. The molecule has 1 heterocycles. The number of rotatable bonds is 7. The zero-order valence-electron chi connectivity index (χ0n) is 11.8. The quantitative estimate of drug-likeness (QED) is 0.774. The average Bonchev–Trinajstić information content (AvgIpc) is 2.99. The number of hydrogen-bond donors (Lipinski definition) is 1. The molecule has 6 heteroatoms. The maximum Gasteiger partial charge on any atom is 0.243 e. The van der Waals surface area contributed by atoms with E-state index >= 15 is 0 Å². The maximum atomic E-state index is 12.3. The molecule has 1 aliphatic heterocycles. The molecule has 1 fully saturated rings. The van der Waals surface area contributed by atoms with E-state index in [0.29, 0.717) is 30.3 Å². The van der Waals surface area contributed by atoms with Crippen molar-refractivity contribution in [2.75, 3.05) is 33.3 Å². The molecule has 0 amide bonds. The molecule has 0 saturated carbocycles. The third kappa shape index (κ3) is 3.71. The first-order chi connectivity index (χ1) is 9.64. The summed E-state index contributed by atoms with van der Waals surface area (Å²) in [7, 11) is -1.42. The van der Waals surface area contributed by atoms with Gasteiger partial charge in [-0.25, -0.2) is 8.42 Å². The highest BCUT2D eigenvalue weighted by Gasteiger charge is 2.26. The van der Waals surface area contributed by atoms with Gasteiger partial charge in [0.2, 0.25) is 10.0 Å². The predicted octanol–water partition coefficient (Wildman–Crippen LogP) is 1.46. The van der Waals surface area contributed by atoms with Crippen LogP contribution >= 0.6 is 0 Å². The first-order valence-corrected chi connectivity index (χ1v) is 8.46. The van der Waals surface area contributed by atoms with Gasteiger partial charge in [-0.3, -0.25) is 0 Å². The highest BCUT2D eigenvalue weighted by atomic mass is 32.2. The Morgan fingerprint density at radius 1 is 1.20 bits per heavy atom. The highest BCUT2D eigenvalue weighted by Crippen LogP contribution is 2.22. The van der Waals surface area contributed by atoms with Crippen LogP contribution in [-0.4, -0.2) is 46.0 Å². The van der Waals surface area contributed by atoms with E-state index in [1.54, 1.807) is 28.6 Å². The number of benzene rings is 1. The summed E-state index contributed by atoms with van der Waals surface area (Å²) in [6.07, 6.45) is 2.82. The molecule has 1 N–H and O–H groups in total. The molecular formula is C14H22N2O3S. The van der Waals surface area contributed by atoms with Gasteiger partial charge in [-0.1, -0.05) is 0 Å². The molecule has 112 valence electrons. The van der Waals surface area contributed by atoms with Gasteiger partial charge in [0, 0.05) is 13.1 Å². The van der Waals surface area contributed by atoms with Gasteiger partial charge in [-0.05, 0) is 57.1 Å². The number of hydrogen-bond acceptors (Lipinski definition) is 4. The normalized spacial score (nSPS) is 16.4. The van der Waals surface area contributed by atoms with E-state index in [2.05, 4.69) is 5.32 Å². The number of sulfonamides is 1. The Bertz CT molecular complexity index is 508. The molecule has 1 aromatic carbocycles. The van der Waals surface area contributed by atoms with Crippen molar-refractivity contribution in [3.63, 3.8) is 0 Å². The summed E-state index contributed by atoms with van der Waals surface area (Å²) in [6.45, 7) is 2.79. The highest BCUT2D eigenvalue weighted by molar-refractivity contribution is 7.89. The van der Waals surface area contributed by atoms with Crippen LogP contribution in [0.1, 0.15) is 19.3 Å². The summed E-state index contributed by atoms with van der Waals surface area (Å²) in [5, 5.41) is 3.05. The van der Waals surface area contributed by atoms with E-state index in [9.17, 15) is 8.42 Å². The van der Waals surface area contributed by atoms with Gasteiger partial charge in [-0.2, -0.15) is 4.31 Å². The van der Waals surface area contributed by atoms with Crippen molar-refractivity contribution in [2.24, 2.45) is 0 Å². The van der Waals surface area contributed by atoms with Crippen LogP contribution in [0.5, 0.6) is 5.75 Å². The van der Waals surface area contributed by atoms with Crippen molar-refractivity contribution in [3.8, 4) is 5.75 Å². The largest absolute Gasteiger partial charge is 0.494 e. The number of nitrogens with zero attached hydrogens (tertiary/aromatic N) is 1. The van der Waals surface area contributed by atoms with Crippen molar-refractivity contribution in [2.45, 2.75) is 24.2 Å². The van der Waals surface area contributed by atoms with E-state index in [-0.39, 0.29) is 0 Å². The summed E-state index contributed by atoms with van der Waals surface area (Å²) in [4.78, 5) is 0.349. The summed E-state index contributed by atoms with van der Waals surface area (Å²) in [6, 6.07) is 6.70.